The molecule has 0 N–H and O–H groups in total. The van der Waals surface area contributed by atoms with Crippen LogP contribution in [0.5, 0.6) is 5.88 Å². The van der Waals surface area contributed by atoms with E-state index in [1.165, 1.54) is 16.8 Å². The van der Waals surface area contributed by atoms with E-state index < -0.39 is 10.0 Å². The maximum atomic E-state index is 11.5. The molecule has 0 bridgehead atoms. The topological polar surface area (TPSA) is 83.3 Å². The molecule has 102 valence electrons. The molecule has 2 rings (SSSR count). The number of aromatic nitrogens is 1. The summed E-state index contributed by atoms with van der Waals surface area (Å²) in [6.07, 6.45) is 4.03. The Morgan fingerprint density at radius 2 is 2.37 bits per heavy atom. The number of ether oxygens (including phenoxy) is 1. The summed E-state index contributed by atoms with van der Waals surface area (Å²) >= 11 is 0. The monoisotopic (exact) mass is 281 g/mol. The van der Waals surface area contributed by atoms with Crippen molar-refractivity contribution < 1.29 is 13.2 Å². The summed E-state index contributed by atoms with van der Waals surface area (Å²) in [5, 5.41) is 8.80. The number of nitriles is 1. The van der Waals surface area contributed by atoms with Crippen LogP contribution in [-0.2, 0) is 10.0 Å². The van der Waals surface area contributed by atoms with Gasteiger partial charge in [0.25, 0.3) is 0 Å². The van der Waals surface area contributed by atoms with Crippen LogP contribution in [0, 0.1) is 11.3 Å². The molecule has 0 amide bonds. The van der Waals surface area contributed by atoms with Crippen LogP contribution < -0.4 is 4.74 Å². The lowest BCUT2D eigenvalue weighted by atomic mass is 10.1. The third kappa shape index (κ3) is 3.66. The smallest absolute Gasteiger partial charge is 0.214 e. The first-order valence-corrected chi connectivity index (χ1v) is 7.82. The van der Waals surface area contributed by atoms with E-state index in [4.69, 9.17) is 10.00 Å². The van der Waals surface area contributed by atoms with Crippen LogP contribution in [0.15, 0.2) is 18.3 Å². The molecule has 19 heavy (non-hydrogen) atoms. The molecule has 1 aromatic heterocycles. The van der Waals surface area contributed by atoms with Crippen molar-refractivity contribution in [2.45, 2.75) is 18.9 Å². The molecule has 1 atom stereocenters. The Hall–Kier alpha value is -1.65. The number of pyridine rings is 1. The van der Waals surface area contributed by atoms with E-state index in [2.05, 4.69) is 4.98 Å². The summed E-state index contributed by atoms with van der Waals surface area (Å²) in [7, 11) is -3.18. The lowest BCUT2D eigenvalue weighted by Crippen LogP contribution is -2.43. The zero-order valence-corrected chi connectivity index (χ0v) is 11.4. The minimum Gasteiger partial charge on any atom is -0.473 e. The second-order valence-electron chi connectivity index (χ2n) is 4.50. The summed E-state index contributed by atoms with van der Waals surface area (Å²) in [6.45, 7) is 0.863. The Balaban J connectivity index is 2.05. The highest BCUT2D eigenvalue weighted by Crippen LogP contribution is 2.18. The van der Waals surface area contributed by atoms with E-state index in [0.29, 0.717) is 24.5 Å². The van der Waals surface area contributed by atoms with Crippen LogP contribution in [0.1, 0.15) is 18.4 Å². The molecule has 1 aromatic rings. The van der Waals surface area contributed by atoms with Crippen LogP contribution >= 0.6 is 0 Å². The summed E-state index contributed by atoms with van der Waals surface area (Å²) in [4.78, 5) is 4.03. The molecule has 0 saturated carbocycles. The van der Waals surface area contributed by atoms with Gasteiger partial charge >= 0.3 is 0 Å². The lowest BCUT2D eigenvalue weighted by Gasteiger charge is -2.30. The van der Waals surface area contributed by atoms with E-state index in [1.54, 1.807) is 12.1 Å². The Morgan fingerprint density at radius 1 is 1.58 bits per heavy atom. The van der Waals surface area contributed by atoms with Gasteiger partial charge in [-0.1, -0.05) is 0 Å². The highest BCUT2D eigenvalue weighted by atomic mass is 32.2. The van der Waals surface area contributed by atoms with Crippen molar-refractivity contribution in [1.82, 2.24) is 9.29 Å². The molecule has 1 aliphatic heterocycles. The van der Waals surface area contributed by atoms with Gasteiger partial charge in [-0.25, -0.2) is 13.4 Å². The molecule has 6 nitrogen and oxygen atoms in total. The zero-order valence-electron chi connectivity index (χ0n) is 10.6. The molecule has 0 unspecified atom stereocenters. The first-order chi connectivity index (χ1) is 8.99. The van der Waals surface area contributed by atoms with Gasteiger partial charge in [-0.15, -0.1) is 0 Å². The van der Waals surface area contributed by atoms with Crippen molar-refractivity contribution >= 4 is 10.0 Å². The van der Waals surface area contributed by atoms with E-state index >= 15 is 0 Å². The van der Waals surface area contributed by atoms with Crippen LogP contribution in [0.25, 0.3) is 0 Å². The molecule has 7 heteroatoms. The van der Waals surface area contributed by atoms with Gasteiger partial charge in [0.15, 0.2) is 0 Å². The van der Waals surface area contributed by atoms with E-state index in [-0.39, 0.29) is 6.10 Å². The van der Waals surface area contributed by atoms with Crippen molar-refractivity contribution in [3.63, 3.8) is 0 Å². The number of hydrogen-bond acceptors (Lipinski definition) is 5. The third-order valence-electron chi connectivity index (χ3n) is 2.96. The average Bonchev–Trinajstić information content (AvgIpc) is 2.38. The molecule has 0 radical (unpaired) electrons. The normalized spacial score (nSPS) is 20.7. The Morgan fingerprint density at radius 3 is 3.05 bits per heavy atom. The summed E-state index contributed by atoms with van der Waals surface area (Å²) in [5.41, 5.74) is 0.473. The summed E-state index contributed by atoms with van der Waals surface area (Å²) in [6, 6.07) is 5.16. The molecule has 1 fully saturated rings. The van der Waals surface area contributed by atoms with Gasteiger partial charge in [0.1, 0.15) is 6.10 Å². The highest BCUT2D eigenvalue weighted by molar-refractivity contribution is 7.88. The van der Waals surface area contributed by atoms with Crippen molar-refractivity contribution in [3.8, 4) is 11.9 Å². The minimum atomic E-state index is -3.18. The zero-order chi connectivity index (χ0) is 13.9. The molecule has 1 saturated heterocycles. The predicted octanol–water partition coefficient (Wildman–Crippen LogP) is 0.756. The predicted molar refractivity (Wildman–Crippen MR) is 69.0 cm³/mol. The van der Waals surface area contributed by atoms with Crippen molar-refractivity contribution in [2.75, 3.05) is 19.3 Å². The van der Waals surface area contributed by atoms with Gasteiger partial charge in [0, 0.05) is 18.8 Å². The summed E-state index contributed by atoms with van der Waals surface area (Å²) < 4.78 is 30.1. The maximum Gasteiger partial charge on any atom is 0.214 e. The van der Waals surface area contributed by atoms with Crippen molar-refractivity contribution in [1.29, 1.82) is 5.26 Å². The molecule has 2 heterocycles. The van der Waals surface area contributed by atoms with Gasteiger partial charge in [0.05, 0.1) is 24.4 Å². The fraction of sp³-hybridized carbons (Fsp3) is 0.500. The molecule has 0 spiro atoms. The molecule has 1 aliphatic rings. The average molecular weight is 281 g/mol. The Kier molecular flexibility index (Phi) is 4.02. The van der Waals surface area contributed by atoms with E-state index in [9.17, 15) is 8.42 Å². The first-order valence-electron chi connectivity index (χ1n) is 5.97. The largest absolute Gasteiger partial charge is 0.473 e. The van der Waals surface area contributed by atoms with Gasteiger partial charge in [0.2, 0.25) is 15.9 Å². The van der Waals surface area contributed by atoms with Gasteiger partial charge < -0.3 is 4.74 Å². The Bertz CT molecular complexity index is 594. The van der Waals surface area contributed by atoms with Crippen molar-refractivity contribution in [3.05, 3.63) is 23.9 Å². The Labute approximate surface area is 112 Å². The van der Waals surface area contributed by atoms with Crippen molar-refractivity contribution in [2.24, 2.45) is 0 Å². The second kappa shape index (κ2) is 5.55. The third-order valence-corrected chi connectivity index (χ3v) is 4.23. The number of rotatable bonds is 3. The number of hydrogen-bond donors (Lipinski definition) is 0. The fourth-order valence-electron chi connectivity index (χ4n) is 2.02. The fourth-order valence-corrected chi connectivity index (χ4v) is 2.91. The van der Waals surface area contributed by atoms with Gasteiger partial charge in [-0.05, 0) is 18.9 Å². The maximum absolute atomic E-state index is 11.5. The molecular weight excluding hydrogens is 266 g/mol. The van der Waals surface area contributed by atoms with Gasteiger partial charge in [-0.3, -0.25) is 0 Å². The van der Waals surface area contributed by atoms with Gasteiger partial charge in [-0.2, -0.15) is 9.57 Å². The lowest BCUT2D eigenvalue weighted by molar-refractivity contribution is 0.125. The van der Waals surface area contributed by atoms with E-state index in [0.717, 1.165) is 12.8 Å². The van der Waals surface area contributed by atoms with Crippen LogP contribution in [0.3, 0.4) is 0 Å². The number of sulfonamides is 1. The quantitative estimate of drug-likeness (QED) is 0.816. The molecular formula is C12H15N3O3S. The number of piperidine rings is 1. The molecule has 0 aliphatic carbocycles. The van der Waals surface area contributed by atoms with Crippen LogP contribution in [0.4, 0.5) is 0 Å². The van der Waals surface area contributed by atoms with E-state index in [1.807, 2.05) is 6.07 Å². The molecule has 0 aromatic carbocycles. The summed E-state index contributed by atoms with van der Waals surface area (Å²) in [5.74, 6) is 0.361. The second-order valence-corrected chi connectivity index (χ2v) is 6.48. The van der Waals surface area contributed by atoms with Crippen LogP contribution in [0.2, 0.25) is 0 Å². The minimum absolute atomic E-state index is 0.218. The van der Waals surface area contributed by atoms with Crippen LogP contribution in [-0.4, -0.2) is 43.2 Å². The first kappa shape index (κ1) is 13.8. The SMILES string of the molecule is CS(=O)(=O)N1CCC[C@H](Oc2cc(C#N)ccn2)C1. The highest BCUT2D eigenvalue weighted by Gasteiger charge is 2.27. The number of nitrogens with zero attached hydrogens (tertiary/aromatic N) is 3. The standard InChI is InChI=1S/C12H15N3O3S/c1-19(16,17)15-6-2-3-11(9-15)18-12-7-10(8-13)4-5-14-12/h4-5,7,11H,2-3,6,9H2,1H3/t11-/m0/s1.